The van der Waals surface area contributed by atoms with E-state index < -0.39 is 10.0 Å². The van der Waals surface area contributed by atoms with E-state index in [0.717, 1.165) is 18.4 Å². The van der Waals surface area contributed by atoms with Crippen molar-refractivity contribution in [1.29, 1.82) is 0 Å². The molecule has 1 atom stereocenters. The molecular weight excluding hydrogens is 290 g/mol. The molecule has 1 aromatic rings. The van der Waals surface area contributed by atoms with E-state index in [9.17, 15) is 8.42 Å². The number of ether oxygens (including phenoxy) is 1. The first kappa shape index (κ1) is 16.0. The van der Waals surface area contributed by atoms with E-state index in [0.29, 0.717) is 18.7 Å². The zero-order chi connectivity index (χ0) is 15.3. The first-order chi connectivity index (χ1) is 10.0. The number of sulfonamides is 1. The average Bonchev–Trinajstić information content (AvgIpc) is 2.97. The standard InChI is InChI=1S/C15H19NO4S/c1-12-10-15(7-6-13(12)4-2-8-17)21(18,19)16-11-14-5-3-9-20-14/h6-7,10,14,16-17H,3,5,8-9,11H2,1H3. The van der Waals surface area contributed by atoms with Crippen LogP contribution in [0.15, 0.2) is 23.1 Å². The second-order valence-corrected chi connectivity index (χ2v) is 6.69. The van der Waals surface area contributed by atoms with Gasteiger partial charge >= 0.3 is 0 Å². The Balaban J connectivity index is 2.10. The molecule has 1 aliphatic rings. The fourth-order valence-corrected chi connectivity index (χ4v) is 3.32. The third-order valence-corrected chi connectivity index (χ3v) is 4.76. The average molecular weight is 309 g/mol. The van der Waals surface area contributed by atoms with Crippen molar-refractivity contribution in [2.45, 2.75) is 30.8 Å². The van der Waals surface area contributed by atoms with Gasteiger partial charge in [0.25, 0.3) is 0 Å². The van der Waals surface area contributed by atoms with Gasteiger partial charge in [0.1, 0.15) is 6.61 Å². The summed E-state index contributed by atoms with van der Waals surface area (Å²) in [6.07, 6.45) is 1.83. The van der Waals surface area contributed by atoms with E-state index in [-0.39, 0.29) is 17.6 Å². The van der Waals surface area contributed by atoms with Crippen LogP contribution >= 0.6 is 0 Å². The topological polar surface area (TPSA) is 75.6 Å². The number of rotatable bonds is 4. The normalized spacial score (nSPS) is 18.3. The SMILES string of the molecule is Cc1cc(S(=O)(=O)NCC2CCCO2)ccc1C#CCO. The van der Waals surface area contributed by atoms with Gasteiger partial charge in [0.15, 0.2) is 0 Å². The van der Waals surface area contributed by atoms with Gasteiger partial charge in [0.05, 0.1) is 11.0 Å². The number of aryl methyl sites for hydroxylation is 1. The highest BCUT2D eigenvalue weighted by molar-refractivity contribution is 7.89. The van der Waals surface area contributed by atoms with Crippen molar-refractivity contribution >= 4 is 10.0 Å². The van der Waals surface area contributed by atoms with Gasteiger partial charge in [-0.25, -0.2) is 13.1 Å². The van der Waals surface area contributed by atoms with Crippen LogP contribution in [0.3, 0.4) is 0 Å². The lowest BCUT2D eigenvalue weighted by Gasteiger charge is -2.12. The van der Waals surface area contributed by atoms with Crippen molar-refractivity contribution in [2.24, 2.45) is 0 Å². The highest BCUT2D eigenvalue weighted by Gasteiger charge is 2.20. The summed E-state index contributed by atoms with van der Waals surface area (Å²) in [4.78, 5) is 0.215. The number of aliphatic hydroxyl groups is 1. The Hall–Kier alpha value is -1.39. The Morgan fingerprint density at radius 2 is 2.29 bits per heavy atom. The van der Waals surface area contributed by atoms with Crippen molar-refractivity contribution in [3.63, 3.8) is 0 Å². The van der Waals surface area contributed by atoms with Gasteiger partial charge in [0, 0.05) is 18.7 Å². The second kappa shape index (κ2) is 7.05. The molecule has 1 saturated heterocycles. The predicted molar refractivity (Wildman–Crippen MR) is 79.3 cm³/mol. The van der Waals surface area contributed by atoms with E-state index in [1.54, 1.807) is 19.1 Å². The van der Waals surface area contributed by atoms with Gasteiger partial charge in [-0.2, -0.15) is 0 Å². The van der Waals surface area contributed by atoms with Crippen LogP contribution in [0, 0.1) is 18.8 Å². The summed E-state index contributed by atoms with van der Waals surface area (Å²) < 4.78 is 32.4. The lowest BCUT2D eigenvalue weighted by atomic mass is 10.1. The predicted octanol–water partition coefficient (Wildman–Crippen LogP) is 0.796. The first-order valence-corrected chi connectivity index (χ1v) is 8.33. The van der Waals surface area contributed by atoms with Crippen molar-refractivity contribution in [2.75, 3.05) is 19.8 Å². The lowest BCUT2D eigenvalue weighted by Crippen LogP contribution is -2.31. The van der Waals surface area contributed by atoms with E-state index in [1.165, 1.54) is 6.07 Å². The van der Waals surface area contributed by atoms with E-state index in [4.69, 9.17) is 9.84 Å². The van der Waals surface area contributed by atoms with Crippen molar-refractivity contribution < 1.29 is 18.3 Å². The molecule has 21 heavy (non-hydrogen) atoms. The van der Waals surface area contributed by atoms with Gasteiger partial charge in [-0.15, -0.1) is 0 Å². The van der Waals surface area contributed by atoms with Gasteiger partial charge in [-0.05, 0) is 43.5 Å². The maximum Gasteiger partial charge on any atom is 0.240 e. The Morgan fingerprint density at radius 1 is 1.48 bits per heavy atom. The largest absolute Gasteiger partial charge is 0.384 e. The summed E-state index contributed by atoms with van der Waals surface area (Å²) in [5, 5.41) is 8.68. The number of benzene rings is 1. The molecule has 2 rings (SSSR count). The molecule has 0 amide bonds. The molecule has 1 fully saturated rings. The molecule has 0 bridgehead atoms. The summed E-state index contributed by atoms with van der Waals surface area (Å²) in [6, 6.07) is 4.75. The summed E-state index contributed by atoms with van der Waals surface area (Å²) in [7, 11) is -3.54. The van der Waals surface area contributed by atoms with Crippen LogP contribution in [0.25, 0.3) is 0 Å². The van der Waals surface area contributed by atoms with Crippen LogP contribution in [0.4, 0.5) is 0 Å². The number of hydrogen-bond donors (Lipinski definition) is 2. The maximum absolute atomic E-state index is 12.2. The summed E-state index contributed by atoms with van der Waals surface area (Å²) >= 11 is 0. The Labute approximate surface area is 125 Å². The molecule has 1 aromatic carbocycles. The Kier molecular flexibility index (Phi) is 5.37. The van der Waals surface area contributed by atoms with E-state index in [2.05, 4.69) is 16.6 Å². The van der Waals surface area contributed by atoms with Gasteiger partial charge < -0.3 is 9.84 Å². The molecule has 2 N–H and O–H groups in total. The van der Waals surface area contributed by atoms with Crippen LogP contribution in [0.5, 0.6) is 0 Å². The number of aliphatic hydroxyl groups excluding tert-OH is 1. The quantitative estimate of drug-likeness (QED) is 0.807. The van der Waals surface area contributed by atoms with Crippen LogP contribution in [0.1, 0.15) is 24.0 Å². The molecule has 1 heterocycles. The lowest BCUT2D eigenvalue weighted by molar-refractivity contribution is 0.114. The minimum absolute atomic E-state index is 0.0319. The van der Waals surface area contributed by atoms with Crippen molar-refractivity contribution in [3.8, 4) is 11.8 Å². The highest BCUT2D eigenvalue weighted by Crippen LogP contribution is 2.16. The third kappa shape index (κ3) is 4.29. The zero-order valence-electron chi connectivity index (χ0n) is 11.9. The molecule has 0 aliphatic carbocycles. The van der Waals surface area contributed by atoms with Crippen LogP contribution in [-0.4, -0.2) is 39.4 Å². The Morgan fingerprint density at radius 3 is 2.90 bits per heavy atom. The fraction of sp³-hybridized carbons (Fsp3) is 0.467. The summed E-state index contributed by atoms with van der Waals surface area (Å²) in [5.41, 5.74) is 1.47. The van der Waals surface area contributed by atoms with Gasteiger partial charge in [-0.3, -0.25) is 0 Å². The van der Waals surface area contributed by atoms with E-state index >= 15 is 0 Å². The molecule has 1 aliphatic heterocycles. The monoisotopic (exact) mass is 309 g/mol. The maximum atomic E-state index is 12.2. The van der Waals surface area contributed by atoms with E-state index in [1.807, 2.05) is 0 Å². The smallest absolute Gasteiger partial charge is 0.240 e. The minimum Gasteiger partial charge on any atom is -0.384 e. The molecule has 0 saturated carbocycles. The van der Waals surface area contributed by atoms with Crippen LogP contribution in [0.2, 0.25) is 0 Å². The van der Waals surface area contributed by atoms with Crippen LogP contribution < -0.4 is 4.72 Å². The second-order valence-electron chi connectivity index (χ2n) is 4.92. The molecule has 6 heteroatoms. The highest BCUT2D eigenvalue weighted by atomic mass is 32.2. The fourth-order valence-electron chi connectivity index (χ4n) is 2.17. The molecule has 0 spiro atoms. The Bertz CT molecular complexity index is 652. The molecule has 5 nitrogen and oxygen atoms in total. The minimum atomic E-state index is -3.54. The number of hydrogen-bond acceptors (Lipinski definition) is 4. The molecule has 1 unspecified atom stereocenters. The van der Waals surface area contributed by atoms with Crippen LogP contribution in [-0.2, 0) is 14.8 Å². The first-order valence-electron chi connectivity index (χ1n) is 6.84. The summed E-state index contributed by atoms with van der Waals surface area (Å²) in [5.74, 6) is 5.33. The number of nitrogens with one attached hydrogen (secondary N) is 1. The zero-order valence-corrected chi connectivity index (χ0v) is 12.7. The summed E-state index contributed by atoms with van der Waals surface area (Å²) in [6.45, 7) is 2.57. The van der Waals surface area contributed by atoms with Crippen molar-refractivity contribution in [3.05, 3.63) is 29.3 Å². The molecule has 0 aromatic heterocycles. The molecular formula is C15H19NO4S. The molecule has 114 valence electrons. The van der Waals surface area contributed by atoms with Gasteiger partial charge in [-0.1, -0.05) is 11.8 Å². The third-order valence-electron chi connectivity index (χ3n) is 3.34. The van der Waals surface area contributed by atoms with Gasteiger partial charge in [0.2, 0.25) is 10.0 Å². The molecule has 0 radical (unpaired) electrons. The van der Waals surface area contributed by atoms with Crippen molar-refractivity contribution in [1.82, 2.24) is 4.72 Å².